The van der Waals surface area contributed by atoms with E-state index in [0.29, 0.717) is 33.7 Å². The Morgan fingerprint density at radius 1 is 1.19 bits per heavy atom. The smallest absolute Gasteiger partial charge is 0.259 e. The maximum Gasteiger partial charge on any atom is 0.259 e. The zero-order chi connectivity index (χ0) is 15.4. The molecule has 0 heterocycles. The van der Waals surface area contributed by atoms with E-state index >= 15 is 0 Å². The van der Waals surface area contributed by atoms with Gasteiger partial charge in [0, 0.05) is 15.7 Å². The third-order valence-corrected chi connectivity index (χ3v) is 3.56. The highest BCUT2D eigenvalue weighted by atomic mass is 35.5. The third kappa shape index (κ3) is 3.90. The monoisotopic (exact) mass is 323 g/mol. The Labute approximate surface area is 133 Å². The van der Waals surface area contributed by atoms with Gasteiger partial charge in [-0.25, -0.2) is 0 Å². The highest BCUT2D eigenvalue weighted by Gasteiger charge is 2.14. The lowest BCUT2D eigenvalue weighted by Crippen LogP contribution is -2.13. The molecule has 0 fully saturated rings. The van der Waals surface area contributed by atoms with Gasteiger partial charge in [-0.2, -0.15) is 0 Å². The molecule has 0 saturated carbocycles. The second kappa shape index (κ2) is 6.83. The van der Waals surface area contributed by atoms with E-state index < -0.39 is 0 Å². The van der Waals surface area contributed by atoms with Crippen LogP contribution in [-0.4, -0.2) is 12.5 Å². The summed E-state index contributed by atoms with van der Waals surface area (Å²) in [6.07, 6.45) is 0. The molecule has 21 heavy (non-hydrogen) atoms. The van der Waals surface area contributed by atoms with Gasteiger partial charge in [0.15, 0.2) is 0 Å². The fraction of sp³-hybridized carbons (Fsp3) is 0.188. The van der Waals surface area contributed by atoms with E-state index in [9.17, 15) is 4.79 Å². The minimum atomic E-state index is -0.291. The first-order chi connectivity index (χ1) is 10.0. The molecule has 0 saturated heterocycles. The van der Waals surface area contributed by atoms with Gasteiger partial charge in [-0.15, -0.1) is 0 Å². The van der Waals surface area contributed by atoms with Crippen LogP contribution in [0, 0.1) is 6.92 Å². The Kier molecular flexibility index (Phi) is 5.10. The molecule has 5 heteroatoms. The summed E-state index contributed by atoms with van der Waals surface area (Å²) in [4.78, 5) is 12.4. The zero-order valence-corrected chi connectivity index (χ0v) is 13.3. The van der Waals surface area contributed by atoms with Crippen LogP contribution in [0.25, 0.3) is 0 Å². The number of benzene rings is 2. The third-order valence-electron chi connectivity index (χ3n) is 2.92. The molecule has 0 spiro atoms. The van der Waals surface area contributed by atoms with Gasteiger partial charge in [-0.1, -0.05) is 29.3 Å². The molecule has 110 valence electrons. The lowest BCUT2D eigenvalue weighted by molar-refractivity contribution is 0.102. The average Bonchev–Trinajstić information content (AvgIpc) is 2.45. The number of carbonyl (C=O) groups is 1. The van der Waals surface area contributed by atoms with E-state index in [2.05, 4.69) is 5.32 Å². The molecule has 0 aliphatic carbocycles. The van der Waals surface area contributed by atoms with Gasteiger partial charge >= 0.3 is 0 Å². The second-order valence-electron chi connectivity index (χ2n) is 4.49. The normalized spacial score (nSPS) is 10.3. The quantitative estimate of drug-likeness (QED) is 0.864. The van der Waals surface area contributed by atoms with Crippen molar-refractivity contribution in [2.24, 2.45) is 0 Å². The van der Waals surface area contributed by atoms with E-state index in [4.69, 9.17) is 27.9 Å². The number of hydrogen-bond donors (Lipinski definition) is 1. The van der Waals surface area contributed by atoms with Crippen LogP contribution in [0.2, 0.25) is 10.0 Å². The average molecular weight is 324 g/mol. The molecule has 2 aromatic carbocycles. The summed E-state index contributed by atoms with van der Waals surface area (Å²) in [6.45, 7) is 4.23. The SMILES string of the molecule is CCOc1ccc(Cl)cc1C(=O)Nc1ccc(C)c(Cl)c1. The van der Waals surface area contributed by atoms with Crippen LogP contribution in [0.1, 0.15) is 22.8 Å². The van der Waals surface area contributed by atoms with Crippen LogP contribution in [0.5, 0.6) is 5.75 Å². The number of carbonyl (C=O) groups excluding carboxylic acids is 1. The Bertz CT molecular complexity index is 671. The summed E-state index contributed by atoms with van der Waals surface area (Å²) < 4.78 is 5.45. The molecule has 0 aliphatic heterocycles. The molecule has 1 amide bonds. The van der Waals surface area contributed by atoms with Crippen molar-refractivity contribution < 1.29 is 9.53 Å². The minimum Gasteiger partial charge on any atom is -0.493 e. The van der Waals surface area contributed by atoms with Gasteiger partial charge in [-0.05, 0) is 49.7 Å². The molecule has 2 aromatic rings. The van der Waals surface area contributed by atoms with Gasteiger partial charge in [-0.3, -0.25) is 4.79 Å². The van der Waals surface area contributed by atoms with Crippen LogP contribution < -0.4 is 10.1 Å². The van der Waals surface area contributed by atoms with Crippen LogP contribution in [0.15, 0.2) is 36.4 Å². The number of halogens is 2. The lowest BCUT2D eigenvalue weighted by Gasteiger charge is -2.11. The lowest BCUT2D eigenvalue weighted by atomic mass is 10.1. The van der Waals surface area contributed by atoms with Crippen LogP contribution in [0.3, 0.4) is 0 Å². The molecular weight excluding hydrogens is 309 g/mol. The number of rotatable bonds is 4. The topological polar surface area (TPSA) is 38.3 Å². The van der Waals surface area contributed by atoms with Crippen molar-refractivity contribution in [3.05, 3.63) is 57.6 Å². The Hall–Kier alpha value is -1.71. The molecule has 0 aromatic heterocycles. The Morgan fingerprint density at radius 3 is 2.62 bits per heavy atom. The molecule has 1 N–H and O–H groups in total. The van der Waals surface area contributed by atoms with E-state index in [1.807, 2.05) is 19.9 Å². The number of hydrogen-bond acceptors (Lipinski definition) is 2. The van der Waals surface area contributed by atoms with Crippen molar-refractivity contribution in [3.8, 4) is 5.75 Å². The summed E-state index contributed by atoms with van der Waals surface area (Å²) in [5.41, 5.74) is 1.96. The number of nitrogens with one attached hydrogen (secondary N) is 1. The number of ether oxygens (including phenoxy) is 1. The summed E-state index contributed by atoms with van der Waals surface area (Å²) in [6, 6.07) is 10.3. The molecule has 0 bridgehead atoms. The maximum atomic E-state index is 12.4. The van der Waals surface area contributed by atoms with Crippen molar-refractivity contribution >= 4 is 34.8 Å². The largest absolute Gasteiger partial charge is 0.493 e. The van der Waals surface area contributed by atoms with E-state index in [0.717, 1.165) is 5.56 Å². The van der Waals surface area contributed by atoms with Crippen molar-refractivity contribution in [1.29, 1.82) is 0 Å². The van der Waals surface area contributed by atoms with Crippen LogP contribution >= 0.6 is 23.2 Å². The fourth-order valence-electron chi connectivity index (χ4n) is 1.83. The van der Waals surface area contributed by atoms with Crippen molar-refractivity contribution in [3.63, 3.8) is 0 Å². The summed E-state index contributed by atoms with van der Waals surface area (Å²) in [7, 11) is 0. The number of amides is 1. The number of aryl methyl sites for hydroxylation is 1. The zero-order valence-electron chi connectivity index (χ0n) is 11.7. The van der Waals surface area contributed by atoms with Gasteiger partial charge in [0.25, 0.3) is 5.91 Å². The minimum absolute atomic E-state index is 0.291. The predicted molar refractivity (Wildman–Crippen MR) is 86.8 cm³/mol. The highest BCUT2D eigenvalue weighted by molar-refractivity contribution is 6.32. The molecular formula is C16H15Cl2NO2. The first kappa shape index (κ1) is 15.7. The maximum absolute atomic E-state index is 12.4. The molecule has 0 aliphatic rings. The van der Waals surface area contributed by atoms with E-state index in [1.54, 1.807) is 30.3 Å². The van der Waals surface area contributed by atoms with Crippen LogP contribution in [0.4, 0.5) is 5.69 Å². The Morgan fingerprint density at radius 2 is 1.95 bits per heavy atom. The molecule has 3 nitrogen and oxygen atoms in total. The first-order valence-corrected chi connectivity index (χ1v) is 7.26. The van der Waals surface area contributed by atoms with Gasteiger partial charge in [0.1, 0.15) is 5.75 Å². The van der Waals surface area contributed by atoms with Gasteiger partial charge < -0.3 is 10.1 Å². The molecule has 0 unspecified atom stereocenters. The molecule has 0 atom stereocenters. The van der Waals surface area contributed by atoms with E-state index in [-0.39, 0.29) is 5.91 Å². The summed E-state index contributed by atoms with van der Waals surface area (Å²) >= 11 is 12.0. The van der Waals surface area contributed by atoms with Crippen molar-refractivity contribution in [2.45, 2.75) is 13.8 Å². The molecule has 0 radical (unpaired) electrons. The highest BCUT2D eigenvalue weighted by Crippen LogP contribution is 2.25. The fourth-order valence-corrected chi connectivity index (χ4v) is 2.18. The summed E-state index contributed by atoms with van der Waals surface area (Å²) in [5, 5.41) is 3.87. The molecule has 2 rings (SSSR count). The Balaban J connectivity index is 2.27. The van der Waals surface area contributed by atoms with E-state index in [1.165, 1.54) is 0 Å². The van der Waals surface area contributed by atoms with Crippen molar-refractivity contribution in [1.82, 2.24) is 0 Å². The summed E-state index contributed by atoms with van der Waals surface area (Å²) in [5.74, 6) is 0.207. The van der Waals surface area contributed by atoms with Gasteiger partial charge in [0.2, 0.25) is 0 Å². The standard InChI is InChI=1S/C16H15Cl2NO2/c1-3-21-15-7-5-11(17)8-13(15)16(20)19-12-6-4-10(2)14(18)9-12/h4-9H,3H2,1-2H3,(H,19,20). The number of anilines is 1. The first-order valence-electron chi connectivity index (χ1n) is 6.51. The van der Waals surface area contributed by atoms with Crippen LogP contribution in [-0.2, 0) is 0 Å². The van der Waals surface area contributed by atoms with Crippen molar-refractivity contribution in [2.75, 3.05) is 11.9 Å². The second-order valence-corrected chi connectivity index (χ2v) is 5.34. The predicted octanol–water partition coefficient (Wildman–Crippen LogP) is 4.95. The van der Waals surface area contributed by atoms with Gasteiger partial charge in [0.05, 0.1) is 12.2 Å².